The third-order valence-corrected chi connectivity index (χ3v) is 2.28. The van der Waals surface area contributed by atoms with E-state index >= 15 is 0 Å². The number of hydrogen-bond donors (Lipinski definition) is 1. The Hall–Kier alpha value is -1.09. The van der Waals surface area contributed by atoms with E-state index < -0.39 is 0 Å². The first kappa shape index (κ1) is 13.0. The molecule has 1 aromatic heterocycles. The Bertz CT molecular complexity index is 313. The zero-order valence-corrected chi connectivity index (χ0v) is 10.5. The van der Waals surface area contributed by atoms with E-state index in [0.717, 1.165) is 49.5 Å². The molecule has 0 unspecified atom stereocenters. The molecule has 0 aliphatic heterocycles. The van der Waals surface area contributed by atoms with Crippen LogP contribution in [0.5, 0.6) is 5.75 Å². The molecule has 0 spiro atoms. The van der Waals surface area contributed by atoms with Gasteiger partial charge in [-0.3, -0.25) is 4.98 Å². The maximum absolute atomic E-state index is 5.72. The van der Waals surface area contributed by atoms with Gasteiger partial charge in [0.1, 0.15) is 5.75 Å². The molecule has 3 nitrogen and oxygen atoms in total. The molecule has 0 aliphatic carbocycles. The molecule has 0 atom stereocenters. The Kier molecular flexibility index (Phi) is 5.86. The maximum Gasteiger partial charge on any atom is 0.127 e. The SMILES string of the molecule is CCCNCc1cnc(C)cc1OCCC. The molecule has 90 valence electrons. The summed E-state index contributed by atoms with van der Waals surface area (Å²) in [6.45, 7) is 8.89. The second kappa shape index (κ2) is 7.23. The van der Waals surface area contributed by atoms with Crippen LogP contribution in [0.4, 0.5) is 0 Å². The first-order chi connectivity index (χ1) is 7.77. The van der Waals surface area contributed by atoms with Crippen molar-refractivity contribution < 1.29 is 4.74 Å². The fourth-order valence-corrected chi connectivity index (χ4v) is 1.44. The van der Waals surface area contributed by atoms with E-state index in [2.05, 4.69) is 24.1 Å². The molecular weight excluding hydrogens is 200 g/mol. The van der Waals surface area contributed by atoms with Crippen LogP contribution in [0, 0.1) is 6.92 Å². The Labute approximate surface area is 98.2 Å². The Morgan fingerprint density at radius 1 is 1.31 bits per heavy atom. The van der Waals surface area contributed by atoms with Crippen molar-refractivity contribution in [2.75, 3.05) is 13.2 Å². The molecule has 0 saturated carbocycles. The quantitative estimate of drug-likeness (QED) is 0.720. The van der Waals surface area contributed by atoms with Gasteiger partial charge in [0.25, 0.3) is 0 Å². The van der Waals surface area contributed by atoms with Gasteiger partial charge >= 0.3 is 0 Å². The summed E-state index contributed by atoms with van der Waals surface area (Å²) in [5.41, 5.74) is 2.15. The lowest BCUT2D eigenvalue weighted by Gasteiger charge is -2.11. The predicted octanol–water partition coefficient (Wildman–Crippen LogP) is 2.68. The maximum atomic E-state index is 5.72. The van der Waals surface area contributed by atoms with Gasteiger partial charge in [0, 0.05) is 30.1 Å². The fraction of sp³-hybridized carbons (Fsp3) is 0.615. The summed E-state index contributed by atoms with van der Waals surface area (Å²) in [6.07, 6.45) is 4.08. The predicted molar refractivity (Wildman–Crippen MR) is 66.8 cm³/mol. The standard InChI is InChI=1S/C13H22N2O/c1-4-6-14-9-12-10-15-11(3)8-13(12)16-7-5-2/h8,10,14H,4-7,9H2,1-3H3. The third-order valence-electron chi connectivity index (χ3n) is 2.28. The van der Waals surface area contributed by atoms with Crippen molar-refractivity contribution in [2.45, 2.75) is 40.2 Å². The number of nitrogens with zero attached hydrogens (tertiary/aromatic N) is 1. The molecule has 0 aromatic carbocycles. The highest BCUT2D eigenvalue weighted by Crippen LogP contribution is 2.18. The lowest BCUT2D eigenvalue weighted by molar-refractivity contribution is 0.312. The lowest BCUT2D eigenvalue weighted by atomic mass is 10.2. The third kappa shape index (κ3) is 4.19. The molecule has 0 fully saturated rings. The second-order valence-electron chi connectivity index (χ2n) is 3.96. The van der Waals surface area contributed by atoms with Crippen LogP contribution < -0.4 is 10.1 Å². The smallest absolute Gasteiger partial charge is 0.127 e. The van der Waals surface area contributed by atoms with Crippen molar-refractivity contribution in [2.24, 2.45) is 0 Å². The molecule has 16 heavy (non-hydrogen) atoms. The number of ether oxygens (including phenoxy) is 1. The number of aromatic nitrogens is 1. The summed E-state index contributed by atoms with van der Waals surface area (Å²) < 4.78 is 5.72. The first-order valence-corrected chi connectivity index (χ1v) is 6.07. The number of rotatable bonds is 7. The van der Waals surface area contributed by atoms with Crippen LogP contribution in [0.25, 0.3) is 0 Å². The summed E-state index contributed by atoms with van der Waals surface area (Å²) in [5, 5.41) is 3.37. The van der Waals surface area contributed by atoms with Crippen molar-refractivity contribution in [3.63, 3.8) is 0 Å². The van der Waals surface area contributed by atoms with E-state index in [-0.39, 0.29) is 0 Å². The minimum Gasteiger partial charge on any atom is -0.493 e. The average Bonchev–Trinajstić information content (AvgIpc) is 2.29. The van der Waals surface area contributed by atoms with Crippen LogP contribution in [0.2, 0.25) is 0 Å². The minimum absolute atomic E-state index is 0.768. The normalized spacial score (nSPS) is 10.4. The van der Waals surface area contributed by atoms with Gasteiger partial charge in [0.15, 0.2) is 0 Å². The van der Waals surface area contributed by atoms with Gasteiger partial charge in [0.05, 0.1) is 6.61 Å². The molecular formula is C13H22N2O. The van der Waals surface area contributed by atoms with Crippen molar-refractivity contribution in [3.05, 3.63) is 23.5 Å². The lowest BCUT2D eigenvalue weighted by Crippen LogP contribution is -2.15. The van der Waals surface area contributed by atoms with Gasteiger partial charge in [0.2, 0.25) is 0 Å². The van der Waals surface area contributed by atoms with E-state index in [1.807, 2.05) is 19.2 Å². The number of aryl methyl sites for hydroxylation is 1. The van der Waals surface area contributed by atoms with E-state index in [9.17, 15) is 0 Å². The van der Waals surface area contributed by atoms with Crippen molar-refractivity contribution in [3.8, 4) is 5.75 Å². The molecule has 1 heterocycles. The monoisotopic (exact) mass is 222 g/mol. The molecule has 1 aromatic rings. The molecule has 1 rings (SSSR count). The highest BCUT2D eigenvalue weighted by molar-refractivity contribution is 5.32. The van der Waals surface area contributed by atoms with Crippen LogP contribution in [-0.4, -0.2) is 18.1 Å². The Morgan fingerprint density at radius 3 is 2.81 bits per heavy atom. The van der Waals surface area contributed by atoms with Gasteiger partial charge in [-0.25, -0.2) is 0 Å². The Balaban J connectivity index is 2.64. The van der Waals surface area contributed by atoms with Crippen molar-refractivity contribution in [1.29, 1.82) is 0 Å². The average molecular weight is 222 g/mol. The van der Waals surface area contributed by atoms with Crippen molar-refractivity contribution in [1.82, 2.24) is 10.3 Å². The van der Waals surface area contributed by atoms with Gasteiger partial charge < -0.3 is 10.1 Å². The highest BCUT2D eigenvalue weighted by atomic mass is 16.5. The zero-order valence-electron chi connectivity index (χ0n) is 10.5. The summed E-state index contributed by atoms with van der Waals surface area (Å²) in [4.78, 5) is 4.31. The summed E-state index contributed by atoms with van der Waals surface area (Å²) in [5.74, 6) is 0.970. The summed E-state index contributed by atoms with van der Waals surface area (Å²) in [6, 6.07) is 2.01. The number of pyridine rings is 1. The molecule has 3 heteroatoms. The molecule has 0 bridgehead atoms. The molecule has 0 aliphatic rings. The minimum atomic E-state index is 0.768. The topological polar surface area (TPSA) is 34.2 Å². The second-order valence-corrected chi connectivity index (χ2v) is 3.96. The van der Waals surface area contributed by atoms with Crippen LogP contribution >= 0.6 is 0 Å². The van der Waals surface area contributed by atoms with Crippen LogP contribution in [0.15, 0.2) is 12.3 Å². The number of hydrogen-bond acceptors (Lipinski definition) is 3. The number of nitrogens with one attached hydrogen (secondary N) is 1. The molecule has 0 radical (unpaired) electrons. The molecule has 0 saturated heterocycles. The van der Waals surface area contributed by atoms with Crippen molar-refractivity contribution >= 4 is 0 Å². The largest absolute Gasteiger partial charge is 0.493 e. The fourth-order valence-electron chi connectivity index (χ4n) is 1.44. The highest BCUT2D eigenvalue weighted by Gasteiger charge is 2.04. The molecule has 0 amide bonds. The van der Waals surface area contributed by atoms with E-state index in [0.29, 0.717) is 0 Å². The van der Waals surface area contributed by atoms with Crippen LogP contribution in [0.1, 0.15) is 37.9 Å². The molecule has 1 N–H and O–H groups in total. The van der Waals surface area contributed by atoms with Gasteiger partial charge in [-0.05, 0) is 26.3 Å². The van der Waals surface area contributed by atoms with Gasteiger partial charge in [-0.15, -0.1) is 0 Å². The summed E-state index contributed by atoms with van der Waals surface area (Å²) >= 11 is 0. The van der Waals surface area contributed by atoms with Crippen LogP contribution in [0.3, 0.4) is 0 Å². The summed E-state index contributed by atoms with van der Waals surface area (Å²) in [7, 11) is 0. The van der Waals surface area contributed by atoms with Gasteiger partial charge in [-0.1, -0.05) is 13.8 Å². The zero-order chi connectivity index (χ0) is 11.8. The van der Waals surface area contributed by atoms with E-state index in [1.54, 1.807) is 0 Å². The van der Waals surface area contributed by atoms with E-state index in [1.165, 1.54) is 0 Å². The van der Waals surface area contributed by atoms with Crippen LogP contribution in [-0.2, 0) is 6.54 Å². The van der Waals surface area contributed by atoms with E-state index in [4.69, 9.17) is 4.74 Å². The van der Waals surface area contributed by atoms with Gasteiger partial charge in [-0.2, -0.15) is 0 Å². The Morgan fingerprint density at radius 2 is 2.12 bits per heavy atom. The first-order valence-electron chi connectivity index (χ1n) is 6.07.